The Morgan fingerprint density at radius 1 is 0.812 bits per heavy atom. The number of carbonyl (C=O) groups is 1. The predicted octanol–water partition coefficient (Wildman–Crippen LogP) is 3.55. The number of halogens is 1. The van der Waals surface area contributed by atoms with Crippen LogP contribution in [0.2, 0.25) is 0 Å². The molecular formula is C12H26INO2. The SMILES string of the molecule is I.NCCCCCCCCCCCC(=O)O. The van der Waals surface area contributed by atoms with Gasteiger partial charge >= 0.3 is 5.97 Å². The summed E-state index contributed by atoms with van der Waals surface area (Å²) >= 11 is 0. The van der Waals surface area contributed by atoms with Gasteiger partial charge in [0, 0.05) is 6.42 Å². The lowest BCUT2D eigenvalue weighted by molar-refractivity contribution is -0.137. The molecule has 3 nitrogen and oxygen atoms in total. The van der Waals surface area contributed by atoms with E-state index in [0.29, 0.717) is 6.42 Å². The highest BCUT2D eigenvalue weighted by Crippen LogP contribution is 2.10. The van der Waals surface area contributed by atoms with Crippen LogP contribution in [0.25, 0.3) is 0 Å². The smallest absolute Gasteiger partial charge is 0.303 e. The molecule has 98 valence electrons. The van der Waals surface area contributed by atoms with Gasteiger partial charge in [0.2, 0.25) is 0 Å². The van der Waals surface area contributed by atoms with Crippen LogP contribution in [-0.4, -0.2) is 17.6 Å². The van der Waals surface area contributed by atoms with Crippen LogP contribution in [-0.2, 0) is 4.79 Å². The van der Waals surface area contributed by atoms with Gasteiger partial charge in [-0.1, -0.05) is 44.9 Å². The third kappa shape index (κ3) is 16.6. The van der Waals surface area contributed by atoms with Crippen LogP contribution in [0, 0.1) is 0 Å². The van der Waals surface area contributed by atoms with E-state index in [1.807, 2.05) is 0 Å². The van der Waals surface area contributed by atoms with Crippen LogP contribution >= 0.6 is 24.0 Å². The molecule has 0 heterocycles. The number of unbranched alkanes of at least 4 members (excludes halogenated alkanes) is 8. The fourth-order valence-electron chi connectivity index (χ4n) is 1.66. The van der Waals surface area contributed by atoms with Crippen LogP contribution < -0.4 is 5.73 Å². The Morgan fingerprint density at radius 2 is 1.19 bits per heavy atom. The van der Waals surface area contributed by atoms with Gasteiger partial charge in [0.1, 0.15) is 0 Å². The van der Waals surface area contributed by atoms with E-state index in [0.717, 1.165) is 25.8 Å². The Bertz CT molecular complexity index is 154. The first-order valence-corrected chi connectivity index (χ1v) is 6.19. The number of carboxylic acids is 1. The second-order valence-corrected chi connectivity index (χ2v) is 4.11. The maximum absolute atomic E-state index is 10.2. The van der Waals surface area contributed by atoms with Crippen molar-refractivity contribution >= 4 is 29.9 Å². The maximum atomic E-state index is 10.2. The quantitative estimate of drug-likeness (QED) is 0.445. The van der Waals surface area contributed by atoms with Crippen molar-refractivity contribution in [2.45, 2.75) is 64.2 Å². The first-order chi connectivity index (χ1) is 7.27. The van der Waals surface area contributed by atoms with E-state index in [1.54, 1.807) is 0 Å². The van der Waals surface area contributed by atoms with Gasteiger partial charge in [-0.05, 0) is 19.4 Å². The zero-order valence-electron chi connectivity index (χ0n) is 10.1. The Morgan fingerprint density at radius 3 is 1.56 bits per heavy atom. The lowest BCUT2D eigenvalue weighted by Gasteiger charge is -2.01. The molecule has 0 radical (unpaired) electrons. The minimum absolute atomic E-state index is 0. The summed E-state index contributed by atoms with van der Waals surface area (Å²) in [5.74, 6) is -0.670. The summed E-state index contributed by atoms with van der Waals surface area (Å²) in [5, 5.41) is 8.43. The lowest BCUT2D eigenvalue weighted by Crippen LogP contribution is -1.97. The summed E-state index contributed by atoms with van der Waals surface area (Å²) in [5.41, 5.74) is 5.40. The second-order valence-electron chi connectivity index (χ2n) is 4.11. The highest BCUT2D eigenvalue weighted by Gasteiger charge is 1.96. The Balaban J connectivity index is 0. The molecule has 0 aliphatic rings. The molecule has 0 aromatic heterocycles. The minimum Gasteiger partial charge on any atom is -0.481 e. The number of rotatable bonds is 11. The summed E-state index contributed by atoms with van der Waals surface area (Å²) in [4.78, 5) is 10.2. The fourth-order valence-corrected chi connectivity index (χ4v) is 1.66. The van der Waals surface area contributed by atoms with Crippen LogP contribution in [0.4, 0.5) is 0 Å². The van der Waals surface area contributed by atoms with Gasteiger partial charge in [-0.3, -0.25) is 4.79 Å². The highest BCUT2D eigenvalue weighted by molar-refractivity contribution is 14.0. The summed E-state index contributed by atoms with van der Waals surface area (Å²) in [6, 6.07) is 0. The molecule has 4 heteroatoms. The normalized spacial score (nSPS) is 9.81. The second kappa shape index (κ2) is 15.2. The summed E-state index contributed by atoms with van der Waals surface area (Å²) in [6.45, 7) is 0.815. The van der Waals surface area contributed by atoms with Crippen molar-refractivity contribution in [1.82, 2.24) is 0 Å². The van der Waals surface area contributed by atoms with Crippen molar-refractivity contribution in [2.24, 2.45) is 5.73 Å². The van der Waals surface area contributed by atoms with E-state index in [-0.39, 0.29) is 24.0 Å². The van der Waals surface area contributed by atoms with Gasteiger partial charge in [0.15, 0.2) is 0 Å². The van der Waals surface area contributed by atoms with Gasteiger partial charge in [-0.25, -0.2) is 0 Å². The number of nitrogens with two attached hydrogens (primary N) is 1. The van der Waals surface area contributed by atoms with Crippen molar-refractivity contribution in [3.63, 3.8) is 0 Å². The number of hydrogen-bond acceptors (Lipinski definition) is 2. The zero-order chi connectivity index (χ0) is 11.4. The molecule has 0 rings (SSSR count). The summed E-state index contributed by atoms with van der Waals surface area (Å²) < 4.78 is 0. The fraction of sp³-hybridized carbons (Fsp3) is 0.917. The van der Waals surface area contributed by atoms with Crippen molar-refractivity contribution in [2.75, 3.05) is 6.54 Å². The van der Waals surface area contributed by atoms with Crippen LogP contribution in [0.3, 0.4) is 0 Å². The molecule has 0 bridgehead atoms. The van der Waals surface area contributed by atoms with E-state index in [4.69, 9.17) is 10.8 Å². The molecule has 0 aliphatic heterocycles. The van der Waals surface area contributed by atoms with Gasteiger partial charge in [-0.15, -0.1) is 24.0 Å². The van der Waals surface area contributed by atoms with Crippen LogP contribution in [0.15, 0.2) is 0 Å². The molecule has 0 aromatic carbocycles. The van der Waals surface area contributed by atoms with Crippen molar-refractivity contribution < 1.29 is 9.90 Å². The molecule has 0 saturated carbocycles. The Labute approximate surface area is 116 Å². The van der Waals surface area contributed by atoms with Crippen molar-refractivity contribution in [1.29, 1.82) is 0 Å². The minimum atomic E-state index is -0.670. The molecule has 0 aromatic rings. The third-order valence-electron chi connectivity index (χ3n) is 2.59. The Kier molecular flexibility index (Phi) is 17.6. The number of aliphatic carboxylic acids is 1. The third-order valence-corrected chi connectivity index (χ3v) is 2.59. The molecule has 0 spiro atoms. The molecule has 0 unspecified atom stereocenters. The Hall–Kier alpha value is 0.160. The largest absolute Gasteiger partial charge is 0.481 e. The molecule has 3 N–H and O–H groups in total. The average molecular weight is 343 g/mol. The molecule has 0 amide bonds. The highest BCUT2D eigenvalue weighted by atomic mass is 127. The van der Waals surface area contributed by atoms with E-state index in [9.17, 15) is 4.79 Å². The van der Waals surface area contributed by atoms with E-state index in [1.165, 1.54) is 38.5 Å². The monoisotopic (exact) mass is 343 g/mol. The van der Waals surface area contributed by atoms with Crippen LogP contribution in [0.1, 0.15) is 64.2 Å². The molecule has 0 fully saturated rings. The van der Waals surface area contributed by atoms with Crippen LogP contribution in [0.5, 0.6) is 0 Å². The molecule has 0 saturated heterocycles. The van der Waals surface area contributed by atoms with Gasteiger partial charge in [0.05, 0.1) is 0 Å². The predicted molar refractivity (Wildman–Crippen MR) is 78.3 cm³/mol. The standard InChI is InChI=1S/C12H25NO2.HI/c13-11-9-7-5-3-1-2-4-6-8-10-12(14)15;/h1-11,13H2,(H,14,15);1H. The molecule has 0 atom stereocenters. The number of carboxylic acid groups (broad SMARTS) is 1. The van der Waals surface area contributed by atoms with Gasteiger partial charge in [-0.2, -0.15) is 0 Å². The molecule has 0 aliphatic carbocycles. The molecular weight excluding hydrogens is 317 g/mol. The topological polar surface area (TPSA) is 63.3 Å². The van der Waals surface area contributed by atoms with Gasteiger partial charge in [0.25, 0.3) is 0 Å². The van der Waals surface area contributed by atoms with Gasteiger partial charge < -0.3 is 10.8 Å². The van der Waals surface area contributed by atoms with E-state index < -0.39 is 5.97 Å². The average Bonchev–Trinajstić information content (AvgIpc) is 2.20. The van der Waals surface area contributed by atoms with Crippen molar-refractivity contribution in [3.8, 4) is 0 Å². The lowest BCUT2D eigenvalue weighted by atomic mass is 10.1. The van der Waals surface area contributed by atoms with E-state index >= 15 is 0 Å². The first-order valence-electron chi connectivity index (χ1n) is 6.19. The van der Waals surface area contributed by atoms with E-state index in [2.05, 4.69) is 0 Å². The summed E-state index contributed by atoms with van der Waals surface area (Å²) in [6.07, 6.45) is 11.0. The zero-order valence-corrected chi connectivity index (χ0v) is 12.4. The summed E-state index contributed by atoms with van der Waals surface area (Å²) in [7, 11) is 0. The number of hydrogen-bond donors (Lipinski definition) is 2. The molecule has 16 heavy (non-hydrogen) atoms. The van der Waals surface area contributed by atoms with Crippen molar-refractivity contribution in [3.05, 3.63) is 0 Å². The first kappa shape index (κ1) is 18.5. The maximum Gasteiger partial charge on any atom is 0.303 e.